The Morgan fingerprint density at radius 1 is 1.24 bits per heavy atom. The van der Waals surface area contributed by atoms with Crippen LogP contribution < -0.4 is 5.32 Å². The second-order valence-corrected chi connectivity index (χ2v) is 6.39. The summed E-state index contributed by atoms with van der Waals surface area (Å²) < 4.78 is 5.19. The molecule has 1 atom stereocenters. The van der Waals surface area contributed by atoms with E-state index < -0.39 is 0 Å². The molecular formula is C17H24N2O2. The molecule has 1 aliphatic carbocycles. The van der Waals surface area contributed by atoms with Gasteiger partial charge in [-0.2, -0.15) is 0 Å². The molecule has 1 saturated carbocycles. The number of hydrogen-bond acceptors (Lipinski definition) is 4. The molecule has 1 heterocycles. The summed E-state index contributed by atoms with van der Waals surface area (Å²) >= 11 is 0. The minimum atomic E-state index is -0.252. The summed E-state index contributed by atoms with van der Waals surface area (Å²) in [5.41, 5.74) is 1.69. The molecule has 1 aromatic carbocycles. The van der Waals surface area contributed by atoms with Crippen molar-refractivity contribution < 1.29 is 9.53 Å². The van der Waals surface area contributed by atoms with Crippen LogP contribution in [0.15, 0.2) is 24.3 Å². The number of benzene rings is 1. The lowest BCUT2D eigenvalue weighted by Gasteiger charge is -2.17. The fourth-order valence-corrected chi connectivity index (χ4v) is 2.90. The Morgan fingerprint density at radius 3 is 2.57 bits per heavy atom. The third-order valence-electron chi connectivity index (χ3n) is 4.12. The quantitative estimate of drug-likeness (QED) is 0.846. The molecule has 1 saturated heterocycles. The van der Waals surface area contributed by atoms with Gasteiger partial charge in [-0.1, -0.05) is 0 Å². The lowest BCUT2D eigenvalue weighted by molar-refractivity contribution is 0.0378. The first-order valence-electron chi connectivity index (χ1n) is 7.93. The molecule has 2 fully saturated rings. The van der Waals surface area contributed by atoms with Gasteiger partial charge in [0.2, 0.25) is 0 Å². The molecule has 1 aliphatic heterocycles. The smallest absolute Gasteiger partial charge is 0.338 e. The van der Waals surface area contributed by atoms with Crippen molar-refractivity contribution in [3.63, 3.8) is 0 Å². The average molecular weight is 288 g/mol. The summed E-state index contributed by atoms with van der Waals surface area (Å²) in [5, 5.41) is 3.57. The van der Waals surface area contributed by atoms with Gasteiger partial charge in [-0.15, -0.1) is 0 Å². The third-order valence-corrected chi connectivity index (χ3v) is 4.12. The SMILES string of the molecule is CC(C)OC(=O)c1ccc(NC2CCN(C3CC3)C2)cc1. The molecule has 1 aromatic rings. The van der Waals surface area contributed by atoms with E-state index in [0.717, 1.165) is 18.3 Å². The van der Waals surface area contributed by atoms with Gasteiger partial charge in [0.1, 0.15) is 0 Å². The standard InChI is InChI=1S/C17H24N2O2/c1-12(2)21-17(20)13-3-5-14(6-4-13)18-15-9-10-19(11-15)16-7-8-16/h3-6,12,15-16,18H,7-11H2,1-2H3. The van der Waals surface area contributed by atoms with Crippen LogP contribution in [-0.4, -0.2) is 42.1 Å². The largest absolute Gasteiger partial charge is 0.459 e. The minimum Gasteiger partial charge on any atom is -0.459 e. The minimum absolute atomic E-state index is 0.0813. The maximum atomic E-state index is 11.8. The van der Waals surface area contributed by atoms with Crippen LogP contribution in [0, 0.1) is 0 Å². The zero-order valence-electron chi connectivity index (χ0n) is 12.8. The van der Waals surface area contributed by atoms with Crippen molar-refractivity contribution in [3.05, 3.63) is 29.8 Å². The fraction of sp³-hybridized carbons (Fsp3) is 0.588. The summed E-state index contributed by atoms with van der Waals surface area (Å²) in [6.45, 7) is 6.07. The van der Waals surface area contributed by atoms with Crippen molar-refractivity contribution in [1.82, 2.24) is 4.90 Å². The van der Waals surface area contributed by atoms with Gasteiger partial charge in [-0.25, -0.2) is 4.79 Å². The van der Waals surface area contributed by atoms with Crippen LogP contribution in [0.25, 0.3) is 0 Å². The van der Waals surface area contributed by atoms with E-state index in [1.165, 1.54) is 25.8 Å². The summed E-state index contributed by atoms with van der Waals surface area (Å²) in [6, 6.07) is 8.98. The highest BCUT2D eigenvalue weighted by Crippen LogP contribution is 2.30. The van der Waals surface area contributed by atoms with Crippen molar-refractivity contribution in [2.45, 2.75) is 51.3 Å². The van der Waals surface area contributed by atoms with Gasteiger partial charge in [-0.05, 0) is 57.4 Å². The number of rotatable bonds is 5. The normalized spacial score (nSPS) is 22.5. The van der Waals surface area contributed by atoms with Gasteiger partial charge < -0.3 is 10.1 Å². The topological polar surface area (TPSA) is 41.6 Å². The Hall–Kier alpha value is -1.55. The summed E-state index contributed by atoms with van der Waals surface area (Å²) in [4.78, 5) is 14.4. The van der Waals surface area contributed by atoms with E-state index >= 15 is 0 Å². The Balaban J connectivity index is 1.53. The van der Waals surface area contributed by atoms with E-state index in [4.69, 9.17) is 4.74 Å². The average Bonchev–Trinajstić information content (AvgIpc) is 3.20. The molecule has 0 bridgehead atoms. The molecule has 4 nitrogen and oxygen atoms in total. The molecule has 2 aliphatic rings. The summed E-state index contributed by atoms with van der Waals surface area (Å²) in [5.74, 6) is -0.252. The van der Waals surface area contributed by atoms with Crippen molar-refractivity contribution in [2.24, 2.45) is 0 Å². The van der Waals surface area contributed by atoms with Crippen LogP contribution in [0.2, 0.25) is 0 Å². The van der Waals surface area contributed by atoms with Crippen molar-refractivity contribution in [1.29, 1.82) is 0 Å². The molecule has 0 spiro atoms. The van der Waals surface area contributed by atoms with Gasteiger partial charge in [0.25, 0.3) is 0 Å². The van der Waals surface area contributed by atoms with Crippen LogP contribution in [0.3, 0.4) is 0 Å². The highest BCUT2D eigenvalue weighted by Gasteiger charge is 2.34. The Kier molecular flexibility index (Phi) is 4.15. The molecule has 3 rings (SSSR count). The van der Waals surface area contributed by atoms with Gasteiger partial charge in [0.15, 0.2) is 0 Å². The Bertz CT molecular complexity index is 494. The number of anilines is 1. The molecule has 0 amide bonds. The van der Waals surface area contributed by atoms with Gasteiger partial charge >= 0.3 is 5.97 Å². The number of ether oxygens (including phenoxy) is 1. The number of hydrogen-bond donors (Lipinski definition) is 1. The second-order valence-electron chi connectivity index (χ2n) is 6.39. The van der Waals surface area contributed by atoms with Gasteiger partial charge in [0, 0.05) is 30.9 Å². The number of nitrogens with one attached hydrogen (secondary N) is 1. The number of likely N-dealkylation sites (tertiary alicyclic amines) is 1. The zero-order valence-corrected chi connectivity index (χ0v) is 12.8. The van der Waals surface area contributed by atoms with Gasteiger partial charge in [-0.3, -0.25) is 4.90 Å². The maximum absolute atomic E-state index is 11.8. The predicted molar refractivity (Wildman–Crippen MR) is 83.6 cm³/mol. The van der Waals surface area contributed by atoms with Crippen LogP contribution in [-0.2, 0) is 4.74 Å². The summed E-state index contributed by atoms with van der Waals surface area (Å²) in [7, 11) is 0. The van der Waals surface area contributed by atoms with Gasteiger partial charge in [0.05, 0.1) is 11.7 Å². The Morgan fingerprint density at radius 2 is 1.95 bits per heavy atom. The molecule has 0 aromatic heterocycles. The van der Waals surface area contributed by atoms with E-state index in [1.807, 2.05) is 38.1 Å². The number of nitrogens with zero attached hydrogens (tertiary/aromatic N) is 1. The number of carbonyl (C=O) groups is 1. The fourth-order valence-electron chi connectivity index (χ4n) is 2.90. The number of esters is 1. The highest BCUT2D eigenvalue weighted by molar-refractivity contribution is 5.89. The summed E-state index contributed by atoms with van der Waals surface area (Å²) in [6.07, 6.45) is 3.87. The van der Waals surface area contributed by atoms with Crippen LogP contribution in [0.5, 0.6) is 0 Å². The molecular weight excluding hydrogens is 264 g/mol. The van der Waals surface area contributed by atoms with Crippen LogP contribution in [0.1, 0.15) is 43.5 Å². The monoisotopic (exact) mass is 288 g/mol. The highest BCUT2D eigenvalue weighted by atomic mass is 16.5. The van der Waals surface area contributed by atoms with E-state index in [-0.39, 0.29) is 12.1 Å². The molecule has 21 heavy (non-hydrogen) atoms. The van der Waals surface area contributed by atoms with Crippen molar-refractivity contribution in [2.75, 3.05) is 18.4 Å². The zero-order chi connectivity index (χ0) is 14.8. The molecule has 1 unspecified atom stereocenters. The van der Waals surface area contributed by atoms with E-state index in [9.17, 15) is 4.79 Å². The molecule has 1 N–H and O–H groups in total. The van der Waals surface area contributed by atoms with E-state index in [0.29, 0.717) is 11.6 Å². The van der Waals surface area contributed by atoms with Crippen molar-refractivity contribution in [3.8, 4) is 0 Å². The predicted octanol–water partition coefficient (Wildman–Crippen LogP) is 2.90. The maximum Gasteiger partial charge on any atom is 0.338 e. The second kappa shape index (κ2) is 6.06. The molecule has 114 valence electrons. The van der Waals surface area contributed by atoms with E-state index in [1.54, 1.807) is 0 Å². The van der Waals surface area contributed by atoms with Crippen LogP contribution in [0.4, 0.5) is 5.69 Å². The first-order valence-corrected chi connectivity index (χ1v) is 7.93. The third kappa shape index (κ3) is 3.76. The lowest BCUT2D eigenvalue weighted by atomic mass is 10.2. The molecule has 4 heteroatoms. The Labute approximate surface area is 126 Å². The first kappa shape index (κ1) is 14.4. The number of carbonyl (C=O) groups excluding carboxylic acids is 1. The van der Waals surface area contributed by atoms with Crippen LogP contribution >= 0.6 is 0 Å². The van der Waals surface area contributed by atoms with E-state index in [2.05, 4.69) is 10.2 Å². The molecule has 0 radical (unpaired) electrons. The van der Waals surface area contributed by atoms with Crippen molar-refractivity contribution >= 4 is 11.7 Å². The lowest BCUT2D eigenvalue weighted by Crippen LogP contribution is -2.27. The first-order chi connectivity index (χ1) is 10.1.